The van der Waals surface area contributed by atoms with E-state index in [2.05, 4.69) is 12.3 Å². The number of hydrogen-bond donors (Lipinski definition) is 2. The molecule has 0 aliphatic heterocycles. The minimum atomic E-state index is 0. The van der Waals surface area contributed by atoms with E-state index in [4.69, 9.17) is 5.84 Å². The summed E-state index contributed by atoms with van der Waals surface area (Å²) in [5, 5.41) is 0. The van der Waals surface area contributed by atoms with Gasteiger partial charge in [0.15, 0.2) is 0 Å². The van der Waals surface area contributed by atoms with Gasteiger partial charge >= 0.3 is 0 Å². The maximum Gasteiger partial charge on any atom is 0.0179 e. The summed E-state index contributed by atoms with van der Waals surface area (Å²) in [6.07, 6.45) is 1.09. The zero-order valence-electron chi connectivity index (χ0n) is 4.77. The quantitative estimate of drug-likeness (QED) is 0.420. The third-order valence-electron chi connectivity index (χ3n) is 0.897. The van der Waals surface area contributed by atoms with Gasteiger partial charge in [0.2, 0.25) is 0 Å². The maximum atomic E-state index is 5.03. The fourth-order valence-electron chi connectivity index (χ4n) is 0.118. The lowest BCUT2D eigenvalue weighted by Gasteiger charge is -2.02. The average molecular weight is 125 g/mol. The normalized spacial score (nSPS) is 12.4. The molecule has 0 saturated heterocycles. The molecule has 0 saturated carbocycles. The summed E-state index contributed by atoms with van der Waals surface area (Å²) in [5.74, 6) is 5.03. The Morgan fingerprint density at radius 1 is 1.71 bits per heavy atom. The Morgan fingerprint density at radius 2 is 2.14 bits per heavy atom. The van der Waals surface area contributed by atoms with Gasteiger partial charge in [0.25, 0.3) is 0 Å². The third kappa shape index (κ3) is 6.21. The van der Waals surface area contributed by atoms with Crippen LogP contribution in [0.25, 0.3) is 0 Å². The summed E-state index contributed by atoms with van der Waals surface area (Å²) in [5.41, 5.74) is 2.61. The summed E-state index contributed by atoms with van der Waals surface area (Å²) in [4.78, 5) is 0. The second kappa shape index (κ2) is 6.21. The molecule has 0 spiro atoms. The van der Waals surface area contributed by atoms with Crippen LogP contribution in [0.1, 0.15) is 20.3 Å². The van der Waals surface area contributed by atoms with Crippen LogP contribution >= 0.6 is 12.4 Å². The summed E-state index contributed by atoms with van der Waals surface area (Å²) < 4.78 is 0. The van der Waals surface area contributed by atoms with E-state index in [0.717, 1.165) is 6.42 Å². The number of halogens is 1. The van der Waals surface area contributed by atoms with Crippen molar-refractivity contribution in [3.63, 3.8) is 0 Å². The summed E-state index contributed by atoms with van der Waals surface area (Å²) in [6.45, 7) is 4.13. The van der Waals surface area contributed by atoms with Crippen molar-refractivity contribution in [2.24, 2.45) is 5.84 Å². The molecule has 0 amide bonds. The highest BCUT2D eigenvalue weighted by Gasteiger charge is 1.87. The molecule has 0 heterocycles. The number of hydrogen-bond acceptors (Lipinski definition) is 2. The molecule has 0 aromatic rings. The van der Waals surface area contributed by atoms with Gasteiger partial charge in [-0.2, -0.15) is 0 Å². The third-order valence-corrected chi connectivity index (χ3v) is 0.897. The Kier molecular flexibility index (Phi) is 9.09. The van der Waals surface area contributed by atoms with Gasteiger partial charge in [0, 0.05) is 6.04 Å². The minimum Gasteiger partial charge on any atom is -0.271 e. The molecule has 0 aromatic heterocycles. The molecule has 0 aliphatic carbocycles. The average Bonchev–Trinajstić information content (AvgIpc) is 1.65. The number of rotatable bonds is 2. The van der Waals surface area contributed by atoms with Crippen molar-refractivity contribution < 1.29 is 0 Å². The minimum absolute atomic E-state index is 0. The molecular weight excluding hydrogens is 112 g/mol. The molecule has 2 nitrogen and oxygen atoms in total. The van der Waals surface area contributed by atoms with Crippen molar-refractivity contribution in [3.8, 4) is 0 Å². The first-order valence-corrected chi connectivity index (χ1v) is 2.27. The first kappa shape index (κ1) is 10.2. The van der Waals surface area contributed by atoms with E-state index in [1.807, 2.05) is 6.92 Å². The van der Waals surface area contributed by atoms with E-state index in [0.29, 0.717) is 6.04 Å². The van der Waals surface area contributed by atoms with Crippen LogP contribution in [0.15, 0.2) is 0 Å². The second-order valence-electron chi connectivity index (χ2n) is 1.48. The second-order valence-corrected chi connectivity index (χ2v) is 1.48. The van der Waals surface area contributed by atoms with Crippen molar-refractivity contribution in [2.45, 2.75) is 26.3 Å². The van der Waals surface area contributed by atoms with Crippen LogP contribution in [0.4, 0.5) is 0 Å². The molecule has 7 heavy (non-hydrogen) atoms. The van der Waals surface area contributed by atoms with Crippen molar-refractivity contribution in [3.05, 3.63) is 0 Å². The number of nitrogens with one attached hydrogen (secondary N) is 1. The number of nitrogens with two attached hydrogens (primary N) is 1. The lowest BCUT2D eigenvalue weighted by molar-refractivity contribution is 0.555. The topological polar surface area (TPSA) is 38.0 Å². The van der Waals surface area contributed by atoms with Crippen LogP contribution in [0.2, 0.25) is 0 Å². The highest BCUT2D eigenvalue weighted by atomic mass is 35.5. The molecule has 3 N–H and O–H groups in total. The number of hydrazine groups is 1. The highest BCUT2D eigenvalue weighted by Crippen LogP contribution is 1.81. The Balaban J connectivity index is 0. The van der Waals surface area contributed by atoms with E-state index >= 15 is 0 Å². The molecule has 46 valence electrons. The van der Waals surface area contributed by atoms with Crippen LogP contribution in [0.5, 0.6) is 0 Å². The predicted molar refractivity (Wildman–Crippen MR) is 34.3 cm³/mol. The summed E-state index contributed by atoms with van der Waals surface area (Å²) in [7, 11) is 0. The van der Waals surface area contributed by atoms with Gasteiger partial charge in [0.05, 0.1) is 0 Å². The molecule has 0 bridgehead atoms. The molecule has 0 fully saturated rings. The first-order chi connectivity index (χ1) is 2.81. The highest BCUT2D eigenvalue weighted by molar-refractivity contribution is 5.85. The van der Waals surface area contributed by atoms with Crippen LogP contribution in [-0.4, -0.2) is 6.04 Å². The predicted octanol–water partition coefficient (Wildman–Crippen LogP) is 0.670. The smallest absolute Gasteiger partial charge is 0.0179 e. The Bertz CT molecular complexity index is 28.9. The Morgan fingerprint density at radius 3 is 2.14 bits per heavy atom. The molecule has 3 heteroatoms. The molecule has 0 unspecified atom stereocenters. The van der Waals surface area contributed by atoms with E-state index in [9.17, 15) is 0 Å². The van der Waals surface area contributed by atoms with Gasteiger partial charge in [0.1, 0.15) is 0 Å². The molecular formula is C4H13ClN2. The SMILES string of the molecule is CC[C@H](C)NN.Cl. The molecule has 1 atom stereocenters. The lowest BCUT2D eigenvalue weighted by Crippen LogP contribution is -2.31. The monoisotopic (exact) mass is 124 g/mol. The molecule has 0 rings (SSSR count). The first-order valence-electron chi connectivity index (χ1n) is 2.27. The lowest BCUT2D eigenvalue weighted by atomic mass is 10.3. The fourth-order valence-corrected chi connectivity index (χ4v) is 0.118. The van der Waals surface area contributed by atoms with Crippen molar-refractivity contribution in [1.29, 1.82) is 0 Å². The van der Waals surface area contributed by atoms with E-state index < -0.39 is 0 Å². The van der Waals surface area contributed by atoms with Crippen LogP contribution in [-0.2, 0) is 0 Å². The maximum absolute atomic E-state index is 5.03. The zero-order chi connectivity index (χ0) is 4.99. The van der Waals surface area contributed by atoms with Gasteiger partial charge in [-0.1, -0.05) is 6.92 Å². The zero-order valence-corrected chi connectivity index (χ0v) is 5.59. The van der Waals surface area contributed by atoms with Gasteiger partial charge < -0.3 is 0 Å². The van der Waals surface area contributed by atoms with Gasteiger partial charge in [-0.25, -0.2) is 0 Å². The van der Waals surface area contributed by atoms with Crippen LogP contribution < -0.4 is 11.3 Å². The molecule has 0 radical (unpaired) electrons. The van der Waals surface area contributed by atoms with Gasteiger partial charge in [-0.3, -0.25) is 11.3 Å². The van der Waals surface area contributed by atoms with Crippen LogP contribution in [0, 0.1) is 0 Å². The van der Waals surface area contributed by atoms with E-state index in [-0.39, 0.29) is 12.4 Å². The molecule has 0 aliphatic rings. The van der Waals surface area contributed by atoms with Crippen LogP contribution in [0.3, 0.4) is 0 Å². The Labute approximate surface area is 50.8 Å². The van der Waals surface area contributed by atoms with E-state index in [1.165, 1.54) is 0 Å². The van der Waals surface area contributed by atoms with Gasteiger partial charge in [-0.05, 0) is 13.3 Å². The van der Waals surface area contributed by atoms with Crippen molar-refractivity contribution in [1.82, 2.24) is 5.43 Å². The summed E-state index contributed by atoms with van der Waals surface area (Å²) >= 11 is 0. The van der Waals surface area contributed by atoms with Crippen molar-refractivity contribution >= 4 is 12.4 Å². The fraction of sp³-hybridized carbons (Fsp3) is 1.00. The van der Waals surface area contributed by atoms with E-state index in [1.54, 1.807) is 0 Å². The van der Waals surface area contributed by atoms with Gasteiger partial charge in [-0.15, -0.1) is 12.4 Å². The summed E-state index contributed by atoms with van der Waals surface area (Å²) in [6, 6.07) is 0.463. The standard InChI is InChI=1S/C4H12N2.ClH/c1-3-4(2)6-5;/h4,6H,3,5H2,1-2H3;1H/t4-;/m0./s1. The largest absolute Gasteiger partial charge is 0.271 e. The Hall–Kier alpha value is 0.210. The molecule has 0 aromatic carbocycles. The van der Waals surface area contributed by atoms with Crippen molar-refractivity contribution in [2.75, 3.05) is 0 Å².